The minimum absolute atomic E-state index is 0.0370. The van der Waals surface area contributed by atoms with Crippen LogP contribution in [0.1, 0.15) is 54.9 Å². The summed E-state index contributed by atoms with van der Waals surface area (Å²) in [5.74, 6) is 0.00108. The van der Waals surface area contributed by atoms with Crippen LogP contribution < -0.4 is 4.90 Å². The number of allylic oxidation sites excluding steroid dienone is 1. The fraction of sp³-hybridized carbons (Fsp3) is 0.400. The van der Waals surface area contributed by atoms with Crippen molar-refractivity contribution in [1.82, 2.24) is 4.90 Å². The van der Waals surface area contributed by atoms with Crippen LogP contribution in [-0.2, 0) is 11.2 Å². The molecular formula is C25H29N3O2. The lowest BCUT2D eigenvalue weighted by Crippen LogP contribution is -2.53. The van der Waals surface area contributed by atoms with Crippen LogP contribution in [0.15, 0.2) is 47.5 Å². The molecule has 2 aromatic rings. The molecule has 1 fully saturated rings. The quantitative estimate of drug-likeness (QED) is 0.693. The molecule has 0 saturated heterocycles. The van der Waals surface area contributed by atoms with Crippen LogP contribution in [0.2, 0.25) is 0 Å². The van der Waals surface area contributed by atoms with Gasteiger partial charge in [-0.1, -0.05) is 50.1 Å². The number of nitrogens with zero attached hydrogens (tertiary/aromatic N) is 3. The molecule has 1 aliphatic carbocycles. The van der Waals surface area contributed by atoms with Gasteiger partial charge in [-0.25, -0.2) is 0 Å². The van der Waals surface area contributed by atoms with Crippen LogP contribution in [0.25, 0.3) is 10.8 Å². The Morgan fingerprint density at radius 2 is 1.90 bits per heavy atom. The molecule has 0 N–H and O–H groups in total. The number of hydrogen-bond acceptors (Lipinski definition) is 3. The summed E-state index contributed by atoms with van der Waals surface area (Å²) in [7, 11) is 1.73. The van der Waals surface area contributed by atoms with E-state index in [1.165, 1.54) is 6.42 Å². The van der Waals surface area contributed by atoms with Crippen molar-refractivity contribution in [3.05, 3.63) is 53.6 Å². The Hall–Kier alpha value is -2.95. The van der Waals surface area contributed by atoms with Gasteiger partial charge in [0.15, 0.2) is 0 Å². The minimum atomic E-state index is -0.0370. The van der Waals surface area contributed by atoms with Crippen molar-refractivity contribution in [2.75, 3.05) is 18.6 Å². The highest BCUT2D eigenvalue weighted by molar-refractivity contribution is 6.16. The van der Waals surface area contributed by atoms with Gasteiger partial charge in [0.05, 0.1) is 11.3 Å². The van der Waals surface area contributed by atoms with E-state index in [1.54, 1.807) is 25.1 Å². The van der Waals surface area contributed by atoms with E-state index in [9.17, 15) is 9.59 Å². The lowest BCUT2D eigenvalue weighted by Gasteiger charge is -2.42. The van der Waals surface area contributed by atoms with Crippen LogP contribution >= 0.6 is 0 Å². The second-order valence-corrected chi connectivity index (χ2v) is 8.36. The molecule has 0 radical (unpaired) electrons. The summed E-state index contributed by atoms with van der Waals surface area (Å²) in [6.07, 6.45) is 7.89. The van der Waals surface area contributed by atoms with Crippen molar-refractivity contribution in [3.63, 3.8) is 0 Å². The smallest absolute Gasteiger partial charge is 0.257 e. The number of fused-ring (bicyclic) bond motifs is 3. The molecule has 1 heterocycles. The number of amides is 2. The highest BCUT2D eigenvalue weighted by atomic mass is 16.2. The van der Waals surface area contributed by atoms with E-state index in [4.69, 9.17) is 0 Å². The lowest BCUT2D eigenvalue weighted by molar-refractivity contribution is -0.117. The Labute approximate surface area is 178 Å². The lowest BCUT2D eigenvalue weighted by atomic mass is 9.90. The van der Waals surface area contributed by atoms with E-state index in [1.807, 2.05) is 29.2 Å². The third-order valence-corrected chi connectivity index (χ3v) is 6.28. The van der Waals surface area contributed by atoms with Gasteiger partial charge in [0.2, 0.25) is 5.91 Å². The first-order valence-electron chi connectivity index (χ1n) is 10.7. The Morgan fingerprint density at radius 3 is 2.57 bits per heavy atom. The summed E-state index contributed by atoms with van der Waals surface area (Å²) in [6.45, 7) is 6.02. The predicted octanol–water partition coefficient (Wildman–Crippen LogP) is 4.74. The van der Waals surface area contributed by atoms with Gasteiger partial charge in [0.1, 0.15) is 6.67 Å². The van der Waals surface area contributed by atoms with E-state index in [-0.39, 0.29) is 17.9 Å². The van der Waals surface area contributed by atoms with Crippen molar-refractivity contribution in [1.29, 1.82) is 0 Å². The summed E-state index contributed by atoms with van der Waals surface area (Å²) in [4.78, 5) is 34.0. The molecule has 156 valence electrons. The zero-order chi connectivity index (χ0) is 21.3. The Balaban J connectivity index is 1.88. The number of hydrogen-bond donors (Lipinski definition) is 0. The molecule has 0 atom stereocenters. The van der Waals surface area contributed by atoms with Crippen LogP contribution in [0.3, 0.4) is 0 Å². The van der Waals surface area contributed by atoms with E-state index in [0.29, 0.717) is 18.7 Å². The van der Waals surface area contributed by atoms with Gasteiger partial charge in [-0.15, -0.1) is 0 Å². The van der Waals surface area contributed by atoms with Crippen LogP contribution in [0, 0.1) is 0 Å². The zero-order valence-corrected chi connectivity index (χ0v) is 17.9. The molecule has 2 aliphatic rings. The molecule has 5 nitrogen and oxygen atoms in total. The highest BCUT2D eigenvalue weighted by Gasteiger charge is 2.37. The molecular weight excluding hydrogens is 374 g/mol. The SMILES string of the molecule is C=C(C=NC)Cc1cc2c(c3ccccc13)N(C(C)=O)CN(C1CCCCC1)C2=O. The van der Waals surface area contributed by atoms with Crippen LogP contribution in [-0.4, -0.2) is 42.7 Å². The Morgan fingerprint density at radius 1 is 1.20 bits per heavy atom. The van der Waals surface area contributed by atoms with E-state index in [0.717, 1.165) is 53.3 Å². The summed E-state index contributed by atoms with van der Waals surface area (Å²) in [6, 6.07) is 10.2. The van der Waals surface area contributed by atoms with Gasteiger partial charge in [-0.2, -0.15) is 0 Å². The molecule has 1 aliphatic heterocycles. The standard InChI is InChI=1S/C25H29N3O2/c1-17(15-26-3)13-19-14-23-24(22-12-8-7-11-21(19)22)27(18(2)29)16-28(25(23)30)20-9-5-4-6-10-20/h7-8,11-12,14-15,20H,1,4-6,9-10,13,16H2,2-3H3. The molecule has 1 saturated carbocycles. The summed E-state index contributed by atoms with van der Waals surface area (Å²) in [5.41, 5.74) is 3.29. The van der Waals surface area contributed by atoms with Gasteiger partial charge in [0.25, 0.3) is 5.91 Å². The number of anilines is 1. The first-order valence-corrected chi connectivity index (χ1v) is 10.7. The second-order valence-electron chi connectivity index (χ2n) is 8.36. The number of rotatable bonds is 4. The monoisotopic (exact) mass is 403 g/mol. The van der Waals surface area contributed by atoms with Gasteiger partial charge >= 0.3 is 0 Å². The van der Waals surface area contributed by atoms with Gasteiger partial charge in [0, 0.05) is 31.6 Å². The first kappa shape index (κ1) is 20.3. The van der Waals surface area contributed by atoms with E-state index in [2.05, 4.69) is 17.6 Å². The molecule has 30 heavy (non-hydrogen) atoms. The maximum atomic E-state index is 13.6. The number of benzene rings is 2. The molecule has 5 heteroatoms. The average Bonchev–Trinajstić information content (AvgIpc) is 2.75. The molecule has 4 rings (SSSR count). The third kappa shape index (κ3) is 3.64. The van der Waals surface area contributed by atoms with E-state index < -0.39 is 0 Å². The van der Waals surface area contributed by atoms with Crippen molar-refractivity contribution >= 4 is 34.5 Å². The van der Waals surface area contributed by atoms with Crippen LogP contribution in [0.4, 0.5) is 5.69 Å². The normalized spacial score (nSPS) is 17.6. The topological polar surface area (TPSA) is 53.0 Å². The maximum absolute atomic E-state index is 13.6. The molecule has 0 unspecified atom stereocenters. The molecule has 2 amide bonds. The second kappa shape index (κ2) is 8.42. The number of carbonyl (C=O) groups is 2. The van der Waals surface area contributed by atoms with E-state index >= 15 is 0 Å². The molecule has 0 spiro atoms. The third-order valence-electron chi connectivity index (χ3n) is 6.28. The summed E-state index contributed by atoms with van der Waals surface area (Å²) >= 11 is 0. The number of aliphatic imine (C=N–C) groups is 1. The summed E-state index contributed by atoms with van der Waals surface area (Å²) in [5, 5.41) is 1.99. The Bertz CT molecular complexity index is 1030. The van der Waals surface area contributed by atoms with Crippen molar-refractivity contribution in [2.24, 2.45) is 4.99 Å². The molecule has 0 bridgehead atoms. The highest BCUT2D eigenvalue weighted by Crippen LogP contribution is 2.39. The predicted molar refractivity (Wildman–Crippen MR) is 122 cm³/mol. The maximum Gasteiger partial charge on any atom is 0.257 e. The van der Waals surface area contributed by atoms with Gasteiger partial charge in [-0.05, 0) is 41.9 Å². The van der Waals surface area contributed by atoms with Gasteiger partial charge in [-0.3, -0.25) is 19.5 Å². The largest absolute Gasteiger partial charge is 0.317 e. The van der Waals surface area contributed by atoms with Crippen LogP contribution in [0.5, 0.6) is 0 Å². The Kier molecular flexibility index (Phi) is 5.71. The van der Waals surface area contributed by atoms with Crippen molar-refractivity contribution in [3.8, 4) is 0 Å². The molecule has 0 aromatic heterocycles. The van der Waals surface area contributed by atoms with Crippen molar-refractivity contribution in [2.45, 2.75) is 51.5 Å². The van der Waals surface area contributed by atoms with Crippen molar-refractivity contribution < 1.29 is 9.59 Å². The summed E-state index contributed by atoms with van der Waals surface area (Å²) < 4.78 is 0. The fourth-order valence-corrected chi connectivity index (χ4v) is 4.88. The van der Waals surface area contributed by atoms with Gasteiger partial charge < -0.3 is 4.90 Å². The fourth-order valence-electron chi connectivity index (χ4n) is 4.88. The molecule has 2 aromatic carbocycles. The average molecular weight is 404 g/mol. The first-order chi connectivity index (χ1) is 14.5. The minimum Gasteiger partial charge on any atom is -0.317 e. The zero-order valence-electron chi connectivity index (χ0n) is 17.9. The number of carbonyl (C=O) groups excluding carboxylic acids is 2.